The third-order valence-corrected chi connectivity index (χ3v) is 5.72. The van der Waals surface area contributed by atoms with E-state index in [-0.39, 0.29) is 16.2 Å². The predicted octanol–water partition coefficient (Wildman–Crippen LogP) is 1.73. The molecule has 0 atom stereocenters. The van der Waals surface area contributed by atoms with Gasteiger partial charge in [0.1, 0.15) is 0 Å². The Morgan fingerprint density at radius 3 is 2.57 bits per heavy atom. The molecule has 3 N–H and O–H groups in total. The average Bonchev–Trinajstić information content (AvgIpc) is 2.44. The standard InChI is InChI=1S/C15H22N2O2S2/c1-12-10-14(8-7-13(12)6-5-9-16)21(18,19)17-11-15(2,3)20-4/h7-8,10,17H,9,11,16H2,1-4H3. The fraction of sp³-hybridized carbons (Fsp3) is 0.467. The van der Waals surface area contributed by atoms with Gasteiger partial charge in [0.05, 0.1) is 11.4 Å². The molecule has 0 aromatic heterocycles. The molecule has 0 unspecified atom stereocenters. The van der Waals surface area contributed by atoms with Crippen LogP contribution in [0.1, 0.15) is 25.0 Å². The quantitative estimate of drug-likeness (QED) is 0.808. The molecule has 0 aliphatic carbocycles. The lowest BCUT2D eigenvalue weighted by atomic mass is 10.1. The number of benzene rings is 1. The van der Waals surface area contributed by atoms with Crippen LogP contribution in [0.4, 0.5) is 0 Å². The molecule has 0 fully saturated rings. The van der Waals surface area contributed by atoms with E-state index in [0.717, 1.165) is 11.1 Å². The Morgan fingerprint density at radius 1 is 1.38 bits per heavy atom. The Balaban J connectivity index is 2.97. The first-order valence-corrected chi connectivity index (χ1v) is 9.27. The van der Waals surface area contributed by atoms with Crippen LogP contribution in [0.3, 0.4) is 0 Å². The summed E-state index contributed by atoms with van der Waals surface area (Å²) in [7, 11) is -3.50. The van der Waals surface area contributed by atoms with Crippen LogP contribution in [-0.2, 0) is 10.0 Å². The monoisotopic (exact) mass is 326 g/mol. The van der Waals surface area contributed by atoms with Crippen molar-refractivity contribution in [3.63, 3.8) is 0 Å². The van der Waals surface area contributed by atoms with Crippen molar-refractivity contribution in [3.05, 3.63) is 29.3 Å². The van der Waals surface area contributed by atoms with E-state index < -0.39 is 10.0 Å². The molecule has 0 bridgehead atoms. The van der Waals surface area contributed by atoms with Gasteiger partial charge < -0.3 is 5.73 Å². The Labute approximate surface area is 131 Å². The van der Waals surface area contributed by atoms with E-state index in [1.54, 1.807) is 30.0 Å². The fourth-order valence-corrected chi connectivity index (χ4v) is 3.12. The summed E-state index contributed by atoms with van der Waals surface area (Å²) in [6.07, 6.45) is 1.96. The van der Waals surface area contributed by atoms with Crippen molar-refractivity contribution in [3.8, 4) is 11.8 Å². The van der Waals surface area contributed by atoms with Gasteiger partial charge in [-0.2, -0.15) is 11.8 Å². The minimum absolute atomic E-state index is 0.144. The Kier molecular flexibility index (Phi) is 6.29. The van der Waals surface area contributed by atoms with Crippen molar-refractivity contribution >= 4 is 21.8 Å². The van der Waals surface area contributed by atoms with E-state index >= 15 is 0 Å². The molecule has 0 aliphatic heterocycles. The van der Waals surface area contributed by atoms with Gasteiger partial charge in [-0.3, -0.25) is 0 Å². The van der Waals surface area contributed by atoms with Gasteiger partial charge in [0, 0.05) is 16.9 Å². The maximum absolute atomic E-state index is 12.3. The van der Waals surface area contributed by atoms with Gasteiger partial charge in [0.15, 0.2) is 0 Å². The van der Waals surface area contributed by atoms with Crippen LogP contribution in [0.25, 0.3) is 0 Å². The zero-order chi connectivity index (χ0) is 16.1. The molecule has 6 heteroatoms. The number of hydrogen-bond donors (Lipinski definition) is 2. The highest BCUT2D eigenvalue weighted by atomic mass is 32.2. The largest absolute Gasteiger partial charge is 0.320 e. The lowest BCUT2D eigenvalue weighted by molar-refractivity contribution is 0.570. The van der Waals surface area contributed by atoms with Crippen molar-refractivity contribution in [2.45, 2.75) is 30.4 Å². The first kappa shape index (κ1) is 18.1. The third-order valence-electron chi connectivity index (χ3n) is 3.07. The first-order chi connectivity index (χ1) is 9.72. The molecule has 4 nitrogen and oxygen atoms in total. The van der Waals surface area contributed by atoms with Gasteiger partial charge in [-0.1, -0.05) is 11.8 Å². The molecule has 21 heavy (non-hydrogen) atoms. The number of nitrogens with two attached hydrogens (primary N) is 1. The highest BCUT2D eigenvalue weighted by molar-refractivity contribution is 8.00. The van der Waals surface area contributed by atoms with Crippen molar-refractivity contribution in [2.24, 2.45) is 5.73 Å². The van der Waals surface area contributed by atoms with Crippen LogP contribution in [0.15, 0.2) is 23.1 Å². The summed E-state index contributed by atoms with van der Waals surface area (Å²) in [5, 5.41) is 0. The summed E-state index contributed by atoms with van der Waals surface area (Å²) in [5.74, 6) is 5.69. The molecule has 0 aliphatic rings. The molecule has 1 rings (SSSR count). The summed E-state index contributed by atoms with van der Waals surface area (Å²) in [4.78, 5) is 0.259. The molecule has 0 radical (unpaired) electrons. The summed E-state index contributed by atoms with van der Waals surface area (Å²) < 4.78 is 27.1. The van der Waals surface area contributed by atoms with E-state index in [9.17, 15) is 8.42 Å². The lowest BCUT2D eigenvalue weighted by Crippen LogP contribution is -2.36. The highest BCUT2D eigenvalue weighted by Gasteiger charge is 2.21. The molecular formula is C15H22N2O2S2. The Morgan fingerprint density at radius 2 is 2.05 bits per heavy atom. The van der Waals surface area contributed by atoms with Gasteiger partial charge in [-0.05, 0) is 50.8 Å². The van der Waals surface area contributed by atoms with E-state index in [0.29, 0.717) is 6.54 Å². The van der Waals surface area contributed by atoms with Gasteiger partial charge >= 0.3 is 0 Å². The number of hydrogen-bond acceptors (Lipinski definition) is 4. The molecule has 1 aromatic rings. The average molecular weight is 326 g/mol. The maximum atomic E-state index is 12.3. The molecular weight excluding hydrogens is 304 g/mol. The predicted molar refractivity (Wildman–Crippen MR) is 89.9 cm³/mol. The summed E-state index contributed by atoms with van der Waals surface area (Å²) >= 11 is 1.62. The van der Waals surface area contributed by atoms with Gasteiger partial charge in [-0.25, -0.2) is 13.1 Å². The van der Waals surface area contributed by atoms with Crippen LogP contribution in [0.2, 0.25) is 0 Å². The van der Waals surface area contributed by atoms with Crippen molar-refractivity contribution < 1.29 is 8.42 Å². The normalized spacial score (nSPS) is 11.9. The molecule has 116 valence electrons. The fourth-order valence-electron chi connectivity index (χ4n) is 1.51. The SMILES string of the molecule is CSC(C)(C)CNS(=O)(=O)c1ccc(C#CCN)c(C)c1. The second-order valence-corrected chi connectivity index (χ2v) is 8.55. The Bertz CT molecular complexity index is 656. The van der Waals surface area contributed by atoms with Crippen molar-refractivity contribution in [1.82, 2.24) is 4.72 Å². The van der Waals surface area contributed by atoms with Crippen LogP contribution < -0.4 is 10.5 Å². The number of aryl methyl sites for hydroxylation is 1. The summed E-state index contributed by atoms with van der Waals surface area (Å²) in [5.41, 5.74) is 6.95. The summed E-state index contributed by atoms with van der Waals surface area (Å²) in [6, 6.07) is 4.92. The number of rotatable bonds is 5. The zero-order valence-electron chi connectivity index (χ0n) is 12.9. The molecule has 0 amide bonds. The highest BCUT2D eigenvalue weighted by Crippen LogP contribution is 2.21. The molecule has 0 saturated heterocycles. The minimum atomic E-state index is -3.50. The van der Waals surface area contributed by atoms with E-state index in [2.05, 4.69) is 16.6 Å². The van der Waals surface area contributed by atoms with E-state index in [1.165, 1.54) is 0 Å². The second-order valence-electron chi connectivity index (χ2n) is 5.27. The summed E-state index contributed by atoms with van der Waals surface area (Å²) in [6.45, 7) is 6.49. The lowest BCUT2D eigenvalue weighted by Gasteiger charge is -2.22. The van der Waals surface area contributed by atoms with E-state index in [4.69, 9.17) is 5.73 Å². The van der Waals surface area contributed by atoms with Gasteiger partial charge in [0.25, 0.3) is 0 Å². The number of nitrogens with one attached hydrogen (secondary N) is 1. The molecule has 0 heterocycles. The molecule has 0 saturated carbocycles. The zero-order valence-corrected chi connectivity index (χ0v) is 14.5. The smallest absolute Gasteiger partial charge is 0.240 e. The first-order valence-electron chi connectivity index (χ1n) is 6.56. The van der Waals surface area contributed by atoms with Crippen LogP contribution >= 0.6 is 11.8 Å². The third kappa shape index (κ3) is 5.36. The van der Waals surface area contributed by atoms with E-state index in [1.807, 2.05) is 27.0 Å². The van der Waals surface area contributed by atoms with Crippen LogP contribution in [-0.4, -0.2) is 32.5 Å². The maximum Gasteiger partial charge on any atom is 0.240 e. The number of thioether (sulfide) groups is 1. The number of sulfonamides is 1. The van der Waals surface area contributed by atoms with Crippen LogP contribution in [0, 0.1) is 18.8 Å². The Hall–Kier alpha value is -1.00. The molecule has 0 spiro atoms. The van der Waals surface area contributed by atoms with Crippen molar-refractivity contribution in [1.29, 1.82) is 0 Å². The topological polar surface area (TPSA) is 72.2 Å². The van der Waals surface area contributed by atoms with Crippen LogP contribution in [0.5, 0.6) is 0 Å². The molecule has 1 aromatic carbocycles. The van der Waals surface area contributed by atoms with Crippen molar-refractivity contribution in [2.75, 3.05) is 19.3 Å². The second kappa shape index (κ2) is 7.32. The van der Waals surface area contributed by atoms with Gasteiger partial charge in [0.2, 0.25) is 10.0 Å². The van der Waals surface area contributed by atoms with Gasteiger partial charge in [-0.15, -0.1) is 0 Å². The minimum Gasteiger partial charge on any atom is -0.320 e.